The Morgan fingerprint density at radius 3 is 2.26 bits per heavy atom. The molecule has 0 saturated carbocycles. The van der Waals surface area contributed by atoms with Crippen LogP contribution >= 0.6 is 15.9 Å². The summed E-state index contributed by atoms with van der Waals surface area (Å²) in [5.74, 6) is -0.541. The van der Waals surface area contributed by atoms with E-state index in [0.717, 1.165) is 10.0 Å². The molecule has 2 aromatic carbocycles. The van der Waals surface area contributed by atoms with Crippen LogP contribution in [0.3, 0.4) is 0 Å². The van der Waals surface area contributed by atoms with E-state index in [0.29, 0.717) is 12.0 Å². The number of amides is 2. The Morgan fingerprint density at radius 1 is 1.09 bits per heavy atom. The van der Waals surface area contributed by atoms with Crippen LogP contribution in [-0.4, -0.2) is 29.8 Å². The van der Waals surface area contributed by atoms with Crippen molar-refractivity contribution in [3.63, 3.8) is 0 Å². The summed E-state index contributed by atoms with van der Waals surface area (Å²) < 4.78 is 0.912. The Balaban J connectivity index is 2.18. The molecule has 0 heterocycles. The van der Waals surface area contributed by atoms with Gasteiger partial charge >= 0.3 is 0 Å². The number of carbonyl (C=O) groups excluding carboxylic acids is 2. The average Bonchev–Trinajstić information content (AvgIpc) is 2.54. The quantitative estimate of drug-likeness (QED) is 0.844. The fraction of sp³-hybridized carbons (Fsp3) is 0.222. The fourth-order valence-electron chi connectivity index (χ4n) is 2.43. The molecule has 0 saturated heterocycles. The van der Waals surface area contributed by atoms with Gasteiger partial charge in [0.2, 0.25) is 5.91 Å². The third-order valence-electron chi connectivity index (χ3n) is 3.71. The highest BCUT2D eigenvalue weighted by Crippen LogP contribution is 2.16. The summed E-state index contributed by atoms with van der Waals surface area (Å²) >= 11 is 3.35. The minimum atomic E-state index is -0.415. The van der Waals surface area contributed by atoms with E-state index in [1.54, 1.807) is 24.1 Å². The molecule has 0 aliphatic heterocycles. The molecule has 0 fully saturated rings. The Kier molecular flexibility index (Phi) is 5.93. The van der Waals surface area contributed by atoms with Crippen LogP contribution in [0.5, 0.6) is 0 Å². The molecule has 4 nitrogen and oxygen atoms in total. The standard InChI is InChI=1S/C18H19BrN2O2/c1-21(18(23)14-7-9-15(19)10-8-14)16(12-17(20)22)11-13-5-3-2-4-6-13/h2-10,16H,11-12H2,1H3,(H2,20,22). The van der Waals surface area contributed by atoms with Crippen molar-refractivity contribution >= 4 is 27.7 Å². The van der Waals surface area contributed by atoms with Crippen molar-refractivity contribution < 1.29 is 9.59 Å². The summed E-state index contributed by atoms with van der Waals surface area (Å²) in [7, 11) is 1.71. The predicted molar refractivity (Wildman–Crippen MR) is 94.0 cm³/mol. The predicted octanol–water partition coefficient (Wildman–Crippen LogP) is 3.01. The highest BCUT2D eigenvalue weighted by Gasteiger charge is 2.23. The zero-order valence-corrected chi connectivity index (χ0v) is 14.5. The number of hydrogen-bond donors (Lipinski definition) is 1. The topological polar surface area (TPSA) is 63.4 Å². The van der Waals surface area contributed by atoms with Crippen LogP contribution in [0, 0.1) is 0 Å². The van der Waals surface area contributed by atoms with Crippen LogP contribution in [0.2, 0.25) is 0 Å². The van der Waals surface area contributed by atoms with E-state index in [1.807, 2.05) is 42.5 Å². The second-order valence-corrected chi connectivity index (χ2v) is 6.35. The van der Waals surface area contributed by atoms with Crippen LogP contribution in [-0.2, 0) is 11.2 Å². The van der Waals surface area contributed by atoms with Gasteiger partial charge in [-0.1, -0.05) is 46.3 Å². The number of rotatable bonds is 6. The van der Waals surface area contributed by atoms with Crippen molar-refractivity contribution in [3.05, 3.63) is 70.2 Å². The molecule has 0 radical (unpaired) electrons. The Labute approximate surface area is 144 Å². The number of primary amides is 1. The second kappa shape index (κ2) is 7.92. The van der Waals surface area contributed by atoms with Crippen LogP contribution < -0.4 is 5.73 Å². The van der Waals surface area contributed by atoms with Crippen molar-refractivity contribution in [2.24, 2.45) is 5.73 Å². The van der Waals surface area contributed by atoms with Crippen molar-refractivity contribution in [1.29, 1.82) is 0 Å². The van der Waals surface area contributed by atoms with E-state index >= 15 is 0 Å². The van der Waals surface area contributed by atoms with Gasteiger partial charge in [-0.15, -0.1) is 0 Å². The van der Waals surface area contributed by atoms with Crippen LogP contribution in [0.1, 0.15) is 22.3 Å². The summed E-state index contributed by atoms with van der Waals surface area (Å²) in [4.78, 5) is 25.6. The maximum absolute atomic E-state index is 12.6. The van der Waals surface area contributed by atoms with E-state index in [4.69, 9.17) is 5.73 Å². The van der Waals surface area contributed by atoms with E-state index in [2.05, 4.69) is 15.9 Å². The van der Waals surface area contributed by atoms with Crippen molar-refractivity contribution in [3.8, 4) is 0 Å². The molecule has 23 heavy (non-hydrogen) atoms. The van der Waals surface area contributed by atoms with E-state index in [-0.39, 0.29) is 18.4 Å². The zero-order chi connectivity index (χ0) is 16.8. The number of nitrogens with two attached hydrogens (primary N) is 1. The highest BCUT2D eigenvalue weighted by atomic mass is 79.9. The molecule has 1 unspecified atom stereocenters. The Morgan fingerprint density at radius 2 is 1.70 bits per heavy atom. The number of likely N-dealkylation sites (N-methyl/N-ethyl adjacent to an activating group) is 1. The molecular formula is C18H19BrN2O2. The summed E-state index contributed by atoms with van der Waals surface area (Å²) in [6.07, 6.45) is 0.718. The van der Waals surface area contributed by atoms with Crippen LogP contribution in [0.25, 0.3) is 0 Å². The van der Waals surface area contributed by atoms with Gasteiger partial charge in [0.25, 0.3) is 5.91 Å². The monoisotopic (exact) mass is 374 g/mol. The number of carbonyl (C=O) groups is 2. The minimum absolute atomic E-state index is 0.125. The first-order valence-corrected chi connectivity index (χ1v) is 8.11. The lowest BCUT2D eigenvalue weighted by molar-refractivity contribution is -0.118. The smallest absolute Gasteiger partial charge is 0.253 e. The van der Waals surface area contributed by atoms with Crippen molar-refractivity contribution in [2.45, 2.75) is 18.9 Å². The lowest BCUT2D eigenvalue weighted by atomic mass is 10.0. The fourth-order valence-corrected chi connectivity index (χ4v) is 2.69. The lowest BCUT2D eigenvalue weighted by Crippen LogP contribution is -2.41. The largest absolute Gasteiger partial charge is 0.370 e. The van der Waals surface area contributed by atoms with E-state index in [9.17, 15) is 9.59 Å². The molecule has 0 spiro atoms. The number of halogens is 1. The summed E-state index contributed by atoms with van der Waals surface area (Å²) in [6.45, 7) is 0. The third-order valence-corrected chi connectivity index (χ3v) is 4.24. The average molecular weight is 375 g/mol. The maximum atomic E-state index is 12.6. The first-order chi connectivity index (χ1) is 11.0. The molecule has 0 aliphatic carbocycles. The van der Waals surface area contributed by atoms with Gasteiger partial charge in [0, 0.05) is 29.5 Å². The molecule has 120 valence electrons. The molecule has 0 aromatic heterocycles. The molecule has 5 heteroatoms. The van der Waals surface area contributed by atoms with Gasteiger partial charge < -0.3 is 10.6 Å². The van der Waals surface area contributed by atoms with Gasteiger partial charge in [-0.2, -0.15) is 0 Å². The number of hydrogen-bond acceptors (Lipinski definition) is 2. The lowest BCUT2D eigenvalue weighted by Gasteiger charge is -2.27. The van der Waals surface area contributed by atoms with Gasteiger partial charge in [0.1, 0.15) is 0 Å². The number of benzene rings is 2. The van der Waals surface area contributed by atoms with Crippen molar-refractivity contribution in [1.82, 2.24) is 4.90 Å². The summed E-state index contributed by atoms with van der Waals surface area (Å²) in [5, 5.41) is 0. The molecule has 0 aliphatic rings. The molecule has 2 N–H and O–H groups in total. The second-order valence-electron chi connectivity index (χ2n) is 5.44. The molecule has 2 amide bonds. The first kappa shape index (κ1) is 17.2. The zero-order valence-electron chi connectivity index (χ0n) is 12.9. The molecule has 2 aromatic rings. The molecular weight excluding hydrogens is 356 g/mol. The highest BCUT2D eigenvalue weighted by molar-refractivity contribution is 9.10. The maximum Gasteiger partial charge on any atom is 0.253 e. The van der Waals surface area contributed by atoms with Gasteiger partial charge in [-0.3, -0.25) is 9.59 Å². The van der Waals surface area contributed by atoms with E-state index < -0.39 is 5.91 Å². The third kappa shape index (κ3) is 4.93. The van der Waals surface area contributed by atoms with Gasteiger partial charge in [0.05, 0.1) is 0 Å². The van der Waals surface area contributed by atoms with Crippen molar-refractivity contribution in [2.75, 3.05) is 7.05 Å². The Bertz CT molecular complexity index is 671. The van der Waals surface area contributed by atoms with E-state index in [1.165, 1.54) is 0 Å². The molecule has 0 bridgehead atoms. The van der Waals surface area contributed by atoms with Gasteiger partial charge in [-0.05, 0) is 36.2 Å². The van der Waals surface area contributed by atoms with Crippen LogP contribution in [0.15, 0.2) is 59.1 Å². The summed E-state index contributed by atoms with van der Waals surface area (Å²) in [5.41, 5.74) is 7.01. The minimum Gasteiger partial charge on any atom is -0.370 e. The van der Waals surface area contributed by atoms with Crippen LogP contribution in [0.4, 0.5) is 0 Å². The SMILES string of the molecule is CN(C(=O)c1ccc(Br)cc1)C(CC(N)=O)Cc1ccccc1. The first-order valence-electron chi connectivity index (χ1n) is 7.32. The summed E-state index contributed by atoms with van der Waals surface area (Å²) in [6, 6.07) is 16.6. The normalized spacial score (nSPS) is 11.7. The number of nitrogens with zero attached hydrogens (tertiary/aromatic N) is 1. The Hall–Kier alpha value is -2.14. The van der Waals surface area contributed by atoms with Gasteiger partial charge in [0.15, 0.2) is 0 Å². The molecule has 1 atom stereocenters. The molecule has 2 rings (SSSR count). The van der Waals surface area contributed by atoms with Gasteiger partial charge in [-0.25, -0.2) is 0 Å².